The zero-order valence-corrected chi connectivity index (χ0v) is 8.08. The van der Waals surface area contributed by atoms with E-state index in [9.17, 15) is 4.79 Å². The van der Waals surface area contributed by atoms with Crippen LogP contribution in [0.1, 0.15) is 12.0 Å². The molecule has 1 aromatic carbocycles. The molecule has 0 spiro atoms. The first-order valence-electron chi connectivity index (χ1n) is 4.55. The van der Waals surface area contributed by atoms with Crippen molar-refractivity contribution in [1.29, 1.82) is 0 Å². The number of nitrogens with zero attached hydrogens (tertiary/aromatic N) is 3. The van der Waals surface area contributed by atoms with E-state index < -0.39 is 12.0 Å². The predicted molar refractivity (Wildman–Crippen MR) is 55.3 cm³/mol. The summed E-state index contributed by atoms with van der Waals surface area (Å²) in [5.41, 5.74) is 9.22. The second-order valence-electron chi connectivity index (χ2n) is 3.08. The highest BCUT2D eigenvalue weighted by Crippen LogP contribution is 2.07. The molecule has 0 fully saturated rings. The standard InChI is InChI=1S/C10H11N3O2/c11-13-12-9(10(14)15)7-6-8-4-2-1-3-5-8/h1-5,9H,6-7H2,(H,14,15). The van der Waals surface area contributed by atoms with Crippen LogP contribution in [-0.4, -0.2) is 17.1 Å². The van der Waals surface area contributed by atoms with E-state index in [1.54, 1.807) is 0 Å². The van der Waals surface area contributed by atoms with E-state index in [-0.39, 0.29) is 0 Å². The molecule has 1 rings (SSSR count). The van der Waals surface area contributed by atoms with Crippen LogP contribution in [0.25, 0.3) is 10.4 Å². The maximum atomic E-state index is 10.6. The van der Waals surface area contributed by atoms with Crippen LogP contribution in [0, 0.1) is 0 Å². The van der Waals surface area contributed by atoms with Crippen molar-refractivity contribution in [2.24, 2.45) is 5.11 Å². The van der Waals surface area contributed by atoms with Crippen LogP contribution in [0.4, 0.5) is 0 Å². The molecule has 0 bridgehead atoms. The van der Waals surface area contributed by atoms with Gasteiger partial charge in [0.2, 0.25) is 0 Å². The molecule has 0 aromatic heterocycles. The summed E-state index contributed by atoms with van der Waals surface area (Å²) < 4.78 is 0. The van der Waals surface area contributed by atoms with Gasteiger partial charge in [0.1, 0.15) is 6.04 Å². The molecule has 1 aromatic rings. The zero-order chi connectivity index (χ0) is 11.1. The van der Waals surface area contributed by atoms with Gasteiger partial charge in [0, 0.05) is 4.91 Å². The molecule has 78 valence electrons. The Morgan fingerprint density at radius 3 is 2.67 bits per heavy atom. The van der Waals surface area contributed by atoms with Crippen molar-refractivity contribution in [3.8, 4) is 0 Å². The molecule has 0 aliphatic heterocycles. The number of hydrogen-bond donors (Lipinski definition) is 1. The summed E-state index contributed by atoms with van der Waals surface area (Å²) in [6.07, 6.45) is 0.917. The van der Waals surface area contributed by atoms with E-state index >= 15 is 0 Å². The van der Waals surface area contributed by atoms with Crippen molar-refractivity contribution in [1.82, 2.24) is 0 Å². The molecule has 0 saturated heterocycles. The maximum absolute atomic E-state index is 10.6. The third kappa shape index (κ3) is 3.70. The Balaban J connectivity index is 2.54. The predicted octanol–water partition coefficient (Wildman–Crippen LogP) is 2.38. The summed E-state index contributed by atoms with van der Waals surface area (Å²) in [6, 6.07) is 8.52. The number of azide groups is 1. The van der Waals surface area contributed by atoms with Crippen LogP contribution >= 0.6 is 0 Å². The SMILES string of the molecule is [N-]=[N+]=NC(CCc1ccccc1)C(=O)O. The van der Waals surface area contributed by atoms with Crippen LogP contribution in [0.15, 0.2) is 35.4 Å². The molecular weight excluding hydrogens is 194 g/mol. The Kier molecular flexibility index (Phi) is 4.19. The summed E-state index contributed by atoms with van der Waals surface area (Å²) >= 11 is 0. The fraction of sp³-hybridized carbons (Fsp3) is 0.300. The average molecular weight is 205 g/mol. The van der Waals surface area contributed by atoms with Crippen LogP contribution in [0.5, 0.6) is 0 Å². The summed E-state index contributed by atoms with van der Waals surface area (Å²) in [7, 11) is 0. The van der Waals surface area contributed by atoms with E-state index in [0.29, 0.717) is 12.8 Å². The minimum atomic E-state index is -1.08. The van der Waals surface area contributed by atoms with Crippen molar-refractivity contribution in [3.05, 3.63) is 46.3 Å². The first kappa shape index (κ1) is 11.1. The summed E-state index contributed by atoms with van der Waals surface area (Å²) in [6.45, 7) is 0. The Hall–Kier alpha value is -2.00. The molecule has 5 heteroatoms. The molecule has 15 heavy (non-hydrogen) atoms. The number of aryl methyl sites for hydroxylation is 1. The van der Waals surface area contributed by atoms with Crippen LogP contribution in [0.3, 0.4) is 0 Å². The summed E-state index contributed by atoms with van der Waals surface area (Å²) in [4.78, 5) is 13.2. The quantitative estimate of drug-likeness (QED) is 0.454. The first-order chi connectivity index (χ1) is 7.24. The summed E-state index contributed by atoms with van der Waals surface area (Å²) in [5.74, 6) is -1.08. The zero-order valence-electron chi connectivity index (χ0n) is 8.08. The monoisotopic (exact) mass is 205 g/mol. The number of carboxylic acids is 1. The smallest absolute Gasteiger partial charge is 0.312 e. The van der Waals surface area contributed by atoms with Gasteiger partial charge in [-0.1, -0.05) is 35.4 Å². The number of rotatable bonds is 5. The van der Waals surface area contributed by atoms with E-state index in [0.717, 1.165) is 5.56 Å². The van der Waals surface area contributed by atoms with Crippen LogP contribution in [-0.2, 0) is 11.2 Å². The number of carboxylic acid groups (broad SMARTS) is 1. The Morgan fingerprint density at radius 1 is 1.47 bits per heavy atom. The topological polar surface area (TPSA) is 86.1 Å². The molecule has 0 aliphatic carbocycles. The second kappa shape index (κ2) is 5.67. The van der Waals surface area contributed by atoms with Gasteiger partial charge in [-0.2, -0.15) is 0 Å². The van der Waals surface area contributed by atoms with Crippen molar-refractivity contribution in [2.45, 2.75) is 18.9 Å². The minimum Gasteiger partial charge on any atom is -0.481 e. The average Bonchev–Trinajstić information content (AvgIpc) is 2.25. The molecular formula is C10H11N3O2. The highest BCUT2D eigenvalue weighted by atomic mass is 16.4. The lowest BCUT2D eigenvalue weighted by Crippen LogP contribution is -2.17. The minimum absolute atomic E-state index is 0.323. The van der Waals surface area contributed by atoms with Crippen molar-refractivity contribution < 1.29 is 9.90 Å². The summed E-state index contributed by atoms with van der Waals surface area (Å²) in [5, 5.41) is 11.9. The van der Waals surface area contributed by atoms with Crippen molar-refractivity contribution >= 4 is 5.97 Å². The van der Waals surface area contributed by atoms with Gasteiger partial charge >= 0.3 is 5.97 Å². The maximum Gasteiger partial charge on any atom is 0.312 e. The van der Waals surface area contributed by atoms with E-state index in [4.69, 9.17) is 10.6 Å². The fourth-order valence-corrected chi connectivity index (χ4v) is 1.24. The molecule has 0 heterocycles. The molecule has 0 radical (unpaired) electrons. The van der Waals surface area contributed by atoms with Crippen molar-refractivity contribution in [2.75, 3.05) is 0 Å². The number of hydrogen-bond acceptors (Lipinski definition) is 2. The van der Waals surface area contributed by atoms with Gasteiger partial charge in [-0.3, -0.25) is 4.79 Å². The highest BCUT2D eigenvalue weighted by molar-refractivity contribution is 5.73. The van der Waals surface area contributed by atoms with E-state index in [1.807, 2.05) is 30.3 Å². The van der Waals surface area contributed by atoms with Crippen LogP contribution < -0.4 is 0 Å². The van der Waals surface area contributed by atoms with Gasteiger partial charge < -0.3 is 5.11 Å². The molecule has 5 nitrogen and oxygen atoms in total. The second-order valence-corrected chi connectivity index (χ2v) is 3.08. The first-order valence-corrected chi connectivity index (χ1v) is 4.55. The largest absolute Gasteiger partial charge is 0.481 e. The van der Waals surface area contributed by atoms with Crippen molar-refractivity contribution in [3.63, 3.8) is 0 Å². The molecule has 1 atom stereocenters. The van der Waals surface area contributed by atoms with Gasteiger partial charge in [0.15, 0.2) is 0 Å². The van der Waals surface area contributed by atoms with Gasteiger partial charge in [0.25, 0.3) is 0 Å². The van der Waals surface area contributed by atoms with Gasteiger partial charge in [-0.25, -0.2) is 0 Å². The molecule has 1 unspecified atom stereocenters. The number of benzene rings is 1. The van der Waals surface area contributed by atoms with Crippen LogP contribution in [0.2, 0.25) is 0 Å². The molecule has 1 N–H and O–H groups in total. The molecule has 0 amide bonds. The van der Waals surface area contributed by atoms with E-state index in [2.05, 4.69) is 10.0 Å². The normalized spacial score (nSPS) is 11.5. The lowest BCUT2D eigenvalue weighted by molar-refractivity contribution is -0.138. The highest BCUT2D eigenvalue weighted by Gasteiger charge is 2.14. The lowest BCUT2D eigenvalue weighted by atomic mass is 10.1. The van der Waals surface area contributed by atoms with Gasteiger partial charge in [-0.05, 0) is 23.9 Å². The fourth-order valence-electron chi connectivity index (χ4n) is 1.24. The third-order valence-electron chi connectivity index (χ3n) is 2.03. The number of aliphatic carboxylic acids is 1. The third-order valence-corrected chi connectivity index (χ3v) is 2.03. The lowest BCUT2D eigenvalue weighted by Gasteiger charge is -2.05. The Labute approximate surface area is 87.0 Å². The Morgan fingerprint density at radius 2 is 2.13 bits per heavy atom. The van der Waals surface area contributed by atoms with E-state index in [1.165, 1.54) is 0 Å². The van der Waals surface area contributed by atoms with Gasteiger partial charge in [-0.15, -0.1) is 0 Å². The molecule has 0 saturated carbocycles. The molecule has 0 aliphatic rings. The Bertz CT molecular complexity index is 370. The number of carbonyl (C=O) groups is 1. The van der Waals surface area contributed by atoms with Gasteiger partial charge in [0.05, 0.1) is 0 Å².